The summed E-state index contributed by atoms with van der Waals surface area (Å²) in [5, 5.41) is 11.3. The average Bonchev–Trinajstić information content (AvgIpc) is 3.16. The number of anilines is 1. The Kier molecular flexibility index (Phi) is 5.30. The molecule has 8 heteroatoms. The Labute approximate surface area is 172 Å². The number of ether oxygens (including phenoxy) is 1. The number of amides is 1. The van der Waals surface area contributed by atoms with Crippen molar-refractivity contribution in [2.45, 2.75) is 20.4 Å². The summed E-state index contributed by atoms with van der Waals surface area (Å²) in [6, 6.07) is 16.6. The third-order valence-electron chi connectivity index (χ3n) is 4.55. The van der Waals surface area contributed by atoms with Crippen LogP contribution in [0.15, 0.2) is 65.7 Å². The molecular weight excluding hydrogens is 382 g/mol. The molecule has 0 unspecified atom stereocenters. The second-order valence-corrected chi connectivity index (χ2v) is 6.83. The largest absolute Gasteiger partial charge is 0.494 e. The standard InChI is InChI=1S/C22H21N5O3/c1-3-30-18-9-7-16(8-10-18)19-12-20-22(29)26(23-14-27(20)25-19)13-21(28)24-17-6-4-5-15(2)11-17/h4-12,14H,3,13H2,1-2H3,(H,24,28). The molecule has 2 heterocycles. The Bertz CT molecular complexity index is 1260. The Morgan fingerprint density at radius 1 is 1.13 bits per heavy atom. The van der Waals surface area contributed by atoms with Crippen molar-refractivity contribution in [3.63, 3.8) is 0 Å². The third-order valence-corrected chi connectivity index (χ3v) is 4.55. The predicted molar refractivity (Wildman–Crippen MR) is 114 cm³/mol. The maximum atomic E-state index is 12.8. The highest BCUT2D eigenvalue weighted by Gasteiger charge is 2.12. The van der Waals surface area contributed by atoms with Crippen LogP contribution < -0.4 is 15.6 Å². The number of rotatable bonds is 6. The monoisotopic (exact) mass is 403 g/mol. The Balaban J connectivity index is 1.56. The first kappa shape index (κ1) is 19.4. The van der Waals surface area contributed by atoms with E-state index < -0.39 is 0 Å². The maximum Gasteiger partial charge on any atom is 0.293 e. The minimum Gasteiger partial charge on any atom is -0.494 e. The van der Waals surface area contributed by atoms with E-state index in [1.54, 1.807) is 12.1 Å². The second-order valence-electron chi connectivity index (χ2n) is 6.83. The van der Waals surface area contributed by atoms with E-state index in [0.717, 1.165) is 21.6 Å². The van der Waals surface area contributed by atoms with Gasteiger partial charge in [0.15, 0.2) is 0 Å². The van der Waals surface area contributed by atoms with Gasteiger partial charge in [0.2, 0.25) is 5.91 Å². The fraction of sp³-hybridized carbons (Fsp3) is 0.182. The highest BCUT2D eigenvalue weighted by molar-refractivity contribution is 5.90. The van der Waals surface area contributed by atoms with Gasteiger partial charge >= 0.3 is 0 Å². The molecule has 0 saturated carbocycles. The molecule has 0 saturated heterocycles. The summed E-state index contributed by atoms with van der Waals surface area (Å²) in [5.74, 6) is 0.444. The van der Waals surface area contributed by atoms with Crippen LogP contribution in [0.4, 0.5) is 5.69 Å². The average molecular weight is 403 g/mol. The van der Waals surface area contributed by atoms with Crippen LogP contribution in [0.5, 0.6) is 5.75 Å². The molecule has 8 nitrogen and oxygen atoms in total. The number of aromatic nitrogens is 4. The third kappa shape index (κ3) is 4.07. The lowest BCUT2D eigenvalue weighted by Crippen LogP contribution is -2.30. The lowest BCUT2D eigenvalue weighted by molar-refractivity contribution is -0.117. The molecule has 0 aliphatic heterocycles. The van der Waals surface area contributed by atoms with Gasteiger partial charge in [-0.2, -0.15) is 10.2 Å². The number of hydrogen-bond acceptors (Lipinski definition) is 5. The van der Waals surface area contributed by atoms with Gasteiger partial charge in [-0.3, -0.25) is 9.59 Å². The van der Waals surface area contributed by atoms with Gasteiger partial charge in [-0.1, -0.05) is 12.1 Å². The van der Waals surface area contributed by atoms with Gasteiger partial charge in [-0.15, -0.1) is 0 Å². The molecule has 2 aromatic heterocycles. The number of nitrogens with zero attached hydrogens (tertiary/aromatic N) is 4. The molecule has 1 amide bonds. The number of benzene rings is 2. The molecule has 152 valence electrons. The first-order valence-corrected chi connectivity index (χ1v) is 9.59. The van der Waals surface area contributed by atoms with E-state index in [1.807, 2.05) is 56.3 Å². The summed E-state index contributed by atoms with van der Waals surface area (Å²) >= 11 is 0. The highest BCUT2D eigenvalue weighted by Crippen LogP contribution is 2.21. The number of aryl methyl sites for hydroxylation is 1. The molecule has 2 aromatic carbocycles. The van der Waals surface area contributed by atoms with Gasteiger partial charge in [0.1, 0.15) is 24.1 Å². The molecule has 0 aliphatic carbocycles. The van der Waals surface area contributed by atoms with Gasteiger partial charge in [0.05, 0.1) is 12.3 Å². The van der Waals surface area contributed by atoms with E-state index in [0.29, 0.717) is 23.5 Å². The fourth-order valence-corrected chi connectivity index (χ4v) is 3.14. The van der Waals surface area contributed by atoms with Crippen molar-refractivity contribution in [3.8, 4) is 17.0 Å². The van der Waals surface area contributed by atoms with Crippen molar-refractivity contribution in [2.24, 2.45) is 0 Å². The summed E-state index contributed by atoms with van der Waals surface area (Å²) in [6.07, 6.45) is 1.43. The Morgan fingerprint density at radius 3 is 2.67 bits per heavy atom. The van der Waals surface area contributed by atoms with Gasteiger partial charge in [0, 0.05) is 11.3 Å². The summed E-state index contributed by atoms with van der Waals surface area (Å²) in [6.45, 7) is 4.27. The topological polar surface area (TPSA) is 90.5 Å². The molecule has 1 N–H and O–H groups in total. The zero-order chi connectivity index (χ0) is 21.1. The lowest BCUT2D eigenvalue weighted by atomic mass is 10.1. The second kappa shape index (κ2) is 8.20. The summed E-state index contributed by atoms with van der Waals surface area (Å²) in [7, 11) is 0. The quantitative estimate of drug-likeness (QED) is 0.535. The van der Waals surface area contributed by atoms with Gasteiger partial charge < -0.3 is 10.1 Å². The van der Waals surface area contributed by atoms with Gasteiger partial charge in [0.25, 0.3) is 5.56 Å². The van der Waals surface area contributed by atoms with Crippen LogP contribution in [-0.2, 0) is 11.3 Å². The molecule has 4 aromatic rings. The summed E-state index contributed by atoms with van der Waals surface area (Å²) < 4.78 is 8.00. The molecule has 0 spiro atoms. The summed E-state index contributed by atoms with van der Waals surface area (Å²) in [5.41, 5.74) is 3.16. The van der Waals surface area contributed by atoms with Crippen molar-refractivity contribution in [2.75, 3.05) is 11.9 Å². The molecule has 0 radical (unpaired) electrons. The molecule has 0 fully saturated rings. The van der Waals surface area contributed by atoms with Crippen LogP contribution in [0.1, 0.15) is 12.5 Å². The number of carbonyl (C=O) groups is 1. The Hall–Kier alpha value is -3.94. The van der Waals surface area contributed by atoms with Gasteiger partial charge in [-0.05, 0) is 61.9 Å². The van der Waals surface area contributed by atoms with E-state index in [1.165, 1.54) is 10.8 Å². The van der Waals surface area contributed by atoms with Crippen LogP contribution in [0, 0.1) is 6.92 Å². The predicted octanol–water partition coefficient (Wildman–Crippen LogP) is 2.90. The minimum absolute atomic E-state index is 0.188. The molecule has 0 atom stereocenters. The number of fused-ring (bicyclic) bond motifs is 1. The number of hydrogen-bond donors (Lipinski definition) is 1. The normalized spacial score (nSPS) is 10.9. The minimum atomic E-state index is -0.387. The van der Waals surface area contributed by atoms with Crippen molar-refractivity contribution < 1.29 is 9.53 Å². The van der Waals surface area contributed by atoms with E-state index in [2.05, 4.69) is 15.5 Å². The fourth-order valence-electron chi connectivity index (χ4n) is 3.14. The van der Waals surface area contributed by atoms with Crippen molar-refractivity contribution in [1.29, 1.82) is 0 Å². The molecule has 0 bridgehead atoms. The Morgan fingerprint density at radius 2 is 1.93 bits per heavy atom. The zero-order valence-corrected chi connectivity index (χ0v) is 16.7. The highest BCUT2D eigenvalue weighted by atomic mass is 16.5. The van der Waals surface area contributed by atoms with Crippen molar-refractivity contribution in [1.82, 2.24) is 19.4 Å². The van der Waals surface area contributed by atoms with Crippen LogP contribution in [0.3, 0.4) is 0 Å². The van der Waals surface area contributed by atoms with Crippen LogP contribution >= 0.6 is 0 Å². The lowest BCUT2D eigenvalue weighted by Gasteiger charge is -2.07. The number of carbonyl (C=O) groups excluding carboxylic acids is 1. The first-order chi connectivity index (χ1) is 14.5. The van der Waals surface area contributed by atoms with Crippen molar-refractivity contribution in [3.05, 3.63) is 76.8 Å². The molecular formula is C22H21N5O3. The van der Waals surface area contributed by atoms with E-state index in [9.17, 15) is 9.59 Å². The molecule has 0 aliphatic rings. The van der Waals surface area contributed by atoms with E-state index >= 15 is 0 Å². The van der Waals surface area contributed by atoms with Crippen LogP contribution in [0.2, 0.25) is 0 Å². The smallest absolute Gasteiger partial charge is 0.293 e. The van der Waals surface area contributed by atoms with E-state index in [-0.39, 0.29) is 18.0 Å². The number of nitrogens with one attached hydrogen (secondary N) is 1. The maximum absolute atomic E-state index is 12.8. The zero-order valence-electron chi connectivity index (χ0n) is 16.7. The van der Waals surface area contributed by atoms with Gasteiger partial charge in [-0.25, -0.2) is 9.20 Å². The molecule has 4 rings (SSSR count). The van der Waals surface area contributed by atoms with E-state index in [4.69, 9.17) is 4.74 Å². The molecule has 30 heavy (non-hydrogen) atoms. The first-order valence-electron chi connectivity index (χ1n) is 9.59. The summed E-state index contributed by atoms with van der Waals surface area (Å²) in [4.78, 5) is 25.1. The SMILES string of the molecule is CCOc1ccc(-c2cc3c(=O)n(CC(=O)Nc4cccc(C)c4)ncn3n2)cc1. The van der Waals surface area contributed by atoms with Crippen LogP contribution in [0.25, 0.3) is 16.8 Å². The van der Waals surface area contributed by atoms with Crippen LogP contribution in [-0.4, -0.2) is 31.9 Å². The van der Waals surface area contributed by atoms with Crippen molar-refractivity contribution >= 4 is 17.1 Å².